The van der Waals surface area contributed by atoms with E-state index >= 15 is 0 Å². The summed E-state index contributed by atoms with van der Waals surface area (Å²) in [5, 5.41) is 1.27. The van der Waals surface area contributed by atoms with Gasteiger partial charge in [0, 0.05) is 23.1 Å². The molecule has 18 heavy (non-hydrogen) atoms. The van der Waals surface area contributed by atoms with Crippen molar-refractivity contribution < 1.29 is 4.74 Å². The predicted molar refractivity (Wildman–Crippen MR) is 74.4 cm³/mol. The van der Waals surface area contributed by atoms with Gasteiger partial charge >= 0.3 is 0 Å². The first-order valence-electron chi connectivity index (χ1n) is 6.43. The molecule has 0 aliphatic heterocycles. The Balaban J connectivity index is 2.03. The molecule has 96 valence electrons. The summed E-state index contributed by atoms with van der Waals surface area (Å²) in [5.41, 5.74) is 2.52. The molecule has 3 heteroatoms. The highest BCUT2D eigenvalue weighted by molar-refractivity contribution is 5.83. The second kappa shape index (κ2) is 4.02. The van der Waals surface area contributed by atoms with Gasteiger partial charge in [0.15, 0.2) is 0 Å². The van der Waals surface area contributed by atoms with Crippen LogP contribution >= 0.6 is 0 Å². The lowest BCUT2D eigenvalue weighted by molar-refractivity contribution is 0.377. The Morgan fingerprint density at radius 2 is 2.11 bits per heavy atom. The number of benzene rings is 1. The number of likely N-dealkylation sites (N-methyl/N-ethyl adjacent to an activating group) is 1. The Labute approximate surface area is 108 Å². The van der Waals surface area contributed by atoms with Gasteiger partial charge in [-0.15, -0.1) is 0 Å². The molecule has 1 aliphatic rings. The molecule has 1 aromatic carbocycles. The Morgan fingerprint density at radius 1 is 1.33 bits per heavy atom. The molecule has 1 heterocycles. The average molecular weight is 244 g/mol. The van der Waals surface area contributed by atoms with Crippen molar-refractivity contribution in [2.24, 2.45) is 0 Å². The highest BCUT2D eigenvalue weighted by atomic mass is 16.5. The van der Waals surface area contributed by atoms with Crippen molar-refractivity contribution in [1.82, 2.24) is 9.47 Å². The Kier molecular flexibility index (Phi) is 2.59. The van der Waals surface area contributed by atoms with Crippen molar-refractivity contribution in [3.8, 4) is 5.75 Å². The fourth-order valence-electron chi connectivity index (χ4n) is 2.82. The molecular weight excluding hydrogens is 224 g/mol. The molecule has 0 bridgehead atoms. The zero-order chi connectivity index (χ0) is 12.9. The topological polar surface area (TPSA) is 17.4 Å². The van der Waals surface area contributed by atoms with E-state index in [1.165, 1.54) is 22.9 Å². The zero-order valence-electron chi connectivity index (χ0n) is 11.5. The van der Waals surface area contributed by atoms with Crippen LogP contribution < -0.4 is 4.74 Å². The third-order valence-corrected chi connectivity index (χ3v) is 3.98. The number of rotatable bonds is 3. The highest BCUT2D eigenvalue weighted by Crippen LogP contribution is 2.42. The smallest absolute Gasteiger partial charge is 0.122 e. The molecule has 0 amide bonds. The van der Waals surface area contributed by atoms with E-state index in [-0.39, 0.29) is 0 Å². The molecule has 3 rings (SSSR count). The number of aryl methyl sites for hydroxylation is 1. The van der Waals surface area contributed by atoms with E-state index in [1.54, 1.807) is 7.11 Å². The molecule has 2 atom stereocenters. The summed E-state index contributed by atoms with van der Waals surface area (Å²) in [6.07, 6.45) is 3.46. The van der Waals surface area contributed by atoms with Gasteiger partial charge < -0.3 is 14.2 Å². The molecule has 3 nitrogen and oxygen atoms in total. The SMILES string of the molecule is COc1cc2ccn([C@H]3CC3N(C)C)c2cc1C. The summed E-state index contributed by atoms with van der Waals surface area (Å²) in [7, 11) is 6.05. The highest BCUT2D eigenvalue weighted by Gasteiger charge is 2.40. The van der Waals surface area contributed by atoms with Crippen LogP contribution in [0.15, 0.2) is 24.4 Å². The van der Waals surface area contributed by atoms with Crippen molar-refractivity contribution >= 4 is 10.9 Å². The maximum Gasteiger partial charge on any atom is 0.122 e. The van der Waals surface area contributed by atoms with Crippen molar-refractivity contribution in [2.75, 3.05) is 21.2 Å². The Morgan fingerprint density at radius 3 is 2.72 bits per heavy atom. The van der Waals surface area contributed by atoms with Crippen molar-refractivity contribution in [3.63, 3.8) is 0 Å². The van der Waals surface area contributed by atoms with E-state index in [2.05, 4.69) is 54.9 Å². The number of fused-ring (bicyclic) bond motifs is 1. The number of hydrogen-bond acceptors (Lipinski definition) is 2. The lowest BCUT2D eigenvalue weighted by atomic mass is 10.1. The zero-order valence-corrected chi connectivity index (χ0v) is 11.5. The second-order valence-corrected chi connectivity index (χ2v) is 5.44. The van der Waals surface area contributed by atoms with E-state index in [1.807, 2.05) is 0 Å². The molecule has 2 aromatic rings. The van der Waals surface area contributed by atoms with Crippen molar-refractivity contribution in [1.29, 1.82) is 0 Å². The number of aromatic nitrogens is 1. The molecule has 0 N–H and O–H groups in total. The van der Waals surface area contributed by atoms with E-state index in [4.69, 9.17) is 4.74 Å². The van der Waals surface area contributed by atoms with Crippen molar-refractivity contribution in [2.45, 2.75) is 25.4 Å². The minimum atomic E-state index is 0.630. The number of ether oxygens (including phenoxy) is 1. The summed E-state index contributed by atoms with van der Waals surface area (Å²) in [5.74, 6) is 0.972. The van der Waals surface area contributed by atoms with Crippen LogP contribution in [0, 0.1) is 6.92 Å². The van der Waals surface area contributed by atoms with Gasteiger partial charge in [-0.25, -0.2) is 0 Å². The molecule has 1 aliphatic carbocycles. The maximum atomic E-state index is 5.38. The van der Waals surface area contributed by atoms with Crippen LogP contribution in [0.1, 0.15) is 18.0 Å². The van der Waals surface area contributed by atoms with Gasteiger partial charge in [0.2, 0.25) is 0 Å². The van der Waals surface area contributed by atoms with E-state index in [0.29, 0.717) is 12.1 Å². The minimum Gasteiger partial charge on any atom is -0.496 e. The van der Waals surface area contributed by atoms with Gasteiger partial charge in [-0.05, 0) is 51.2 Å². The fourth-order valence-corrected chi connectivity index (χ4v) is 2.82. The van der Waals surface area contributed by atoms with Gasteiger partial charge in [-0.1, -0.05) is 0 Å². The van der Waals surface area contributed by atoms with E-state index < -0.39 is 0 Å². The van der Waals surface area contributed by atoms with Crippen LogP contribution in [-0.2, 0) is 0 Å². The molecule has 1 aromatic heterocycles. The Bertz CT molecular complexity index is 585. The van der Waals surface area contributed by atoms with Gasteiger partial charge in [-0.3, -0.25) is 0 Å². The number of nitrogens with zero attached hydrogens (tertiary/aromatic N) is 2. The third kappa shape index (κ3) is 1.70. The summed E-state index contributed by atoms with van der Waals surface area (Å²) in [4.78, 5) is 2.31. The summed E-state index contributed by atoms with van der Waals surface area (Å²) in [6.45, 7) is 2.10. The summed E-state index contributed by atoms with van der Waals surface area (Å²) in [6, 6.07) is 7.86. The minimum absolute atomic E-state index is 0.630. The molecule has 0 saturated heterocycles. The van der Waals surface area contributed by atoms with Crippen LogP contribution in [-0.4, -0.2) is 36.7 Å². The molecular formula is C15H20N2O. The van der Waals surface area contributed by atoms with Crippen LogP contribution in [0.2, 0.25) is 0 Å². The lowest BCUT2D eigenvalue weighted by Crippen LogP contribution is -2.17. The molecule has 1 fully saturated rings. The monoisotopic (exact) mass is 244 g/mol. The molecule has 0 radical (unpaired) electrons. The lowest BCUT2D eigenvalue weighted by Gasteiger charge is -2.11. The van der Waals surface area contributed by atoms with Gasteiger partial charge in [0.05, 0.1) is 13.2 Å². The van der Waals surface area contributed by atoms with Gasteiger partial charge in [-0.2, -0.15) is 0 Å². The standard InChI is InChI=1S/C15H20N2O/c1-10-7-12-11(8-15(10)18-4)5-6-17(12)14-9-13(14)16(2)3/h5-8,13-14H,9H2,1-4H3/t13?,14-/m0/s1. The molecule has 1 saturated carbocycles. The number of hydrogen-bond donors (Lipinski definition) is 0. The van der Waals surface area contributed by atoms with Gasteiger partial charge in [0.25, 0.3) is 0 Å². The normalized spacial score (nSPS) is 22.7. The van der Waals surface area contributed by atoms with E-state index in [9.17, 15) is 0 Å². The van der Waals surface area contributed by atoms with E-state index in [0.717, 1.165) is 5.75 Å². The third-order valence-electron chi connectivity index (χ3n) is 3.98. The first-order chi connectivity index (χ1) is 8.61. The van der Waals surface area contributed by atoms with Crippen molar-refractivity contribution in [3.05, 3.63) is 30.0 Å². The first-order valence-corrected chi connectivity index (χ1v) is 6.43. The van der Waals surface area contributed by atoms with Crippen LogP contribution in [0.25, 0.3) is 10.9 Å². The Hall–Kier alpha value is -1.48. The summed E-state index contributed by atoms with van der Waals surface area (Å²) >= 11 is 0. The fraction of sp³-hybridized carbons (Fsp3) is 0.467. The molecule has 1 unspecified atom stereocenters. The average Bonchev–Trinajstić information content (AvgIpc) is 3.04. The second-order valence-electron chi connectivity index (χ2n) is 5.44. The maximum absolute atomic E-state index is 5.38. The molecule has 0 spiro atoms. The number of methoxy groups -OCH3 is 1. The largest absolute Gasteiger partial charge is 0.496 e. The summed E-state index contributed by atoms with van der Waals surface area (Å²) < 4.78 is 7.79. The predicted octanol–water partition coefficient (Wildman–Crippen LogP) is 2.83. The quantitative estimate of drug-likeness (QED) is 0.826. The van der Waals surface area contributed by atoms with Gasteiger partial charge in [0.1, 0.15) is 5.75 Å². The van der Waals surface area contributed by atoms with Crippen LogP contribution in [0.4, 0.5) is 0 Å². The van der Waals surface area contributed by atoms with Crippen LogP contribution in [0.3, 0.4) is 0 Å². The first kappa shape index (κ1) is 11.6. The van der Waals surface area contributed by atoms with Crippen LogP contribution in [0.5, 0.6) is 5.75 Å².